The van der Waals surface area contributed by atoms with Crippen LogP contribution in [0.2, 0.25) is 0 Å². The van der Waals surface area contributed by atoms with Crippen LogP contribution in [-0.4, -0.2) is 12.6 Å². The molecule has 1 rings (SSSR count). The van der Waals surface area contributed by atoms with Crippen molar-refractivity contribution in [2.75, 3.05) is 12.3 Å². The fourth-order valence-electron chi connectivity index (χ4n) is 1.24. The number of rotatable bonds is 4. The van der Waals surface area contributed by atoms with Crippen molar-refractivity contribution in [3.63, 3.8) is 0 Å². The van der Waals surface area contributed by atoms with E-state index in [0.29, 0.717) is 6.61 Å². The average molecular weight is 193 g/mol. The summed E-state index contributed by atoms with van der Waals surface area (Å²) in [5.41, 5.74) is 7.58. The Labute approximate surface area is 83.9 Å². The molecule has 0 fully saturated rings. The minimum absolute atomic E-state index is 0.224. The maximum absolute atomic E-state index is 10.5. The molecule has 0 aromatic heterocycles. The van der Waals surface area contributed by atoms with Crippen molar-refractivity contribution in [1.29, 1.82) is 0 Å². The lowest BCUT2D eigenvalue weighted by atomic mass is 10.1. The molecule has 0 saturated heterocycles. The summed E-state index contributed by atoms with van der Waals surface area (Å²) in [7, 11) is 0. The van der Waals surface area contributed by atoms with Crippen molar-refractivity contribution in [3.05, 3.63) is 29.8 Å². The van der Waals surface area contributed by atoms with E-state index < -0.39 is 0 Å². The van der Waals surface area contributed by atoms with Gasteiger partial charge in [-0.3, -0.25) is 4.79 Å². The maximum Gasteiger partial charge on any atom is 0.302 e. The molecule has 3 nitrogen and oxygen atoms in total. The summed E-state index contributed by atoms with van der Waals surface area (Å²) >= 11 is 0. The minimum atomic E-state index is -0.224. The molecule has 76 valence electrons. The van der Waals surface area contributed by atoms with Gasteiger partial charge in [0.2, 0.25) is 0 Å². The molecule has 14 heavy (non-hydrogen) atoms. The highest BCUT2D eigenvalue weighted by atomic mass is 16.5. The molecule has 0 aliphatic carbocycles. The first-order valence-electron chi connectivity index (χ1n) is 4.66. The van der Waals surface area contributed by atoms with E-state index in [1.807, 2.05) is 24.3 Å². The molecule has 0 aliphatic rings. The van der Waals surface area contributed by atoms with Crippen LogP contribution in [0.4, 0.5) is 5.69 Å². The van der Waals surface area contributed by atoms with Gasteiger partial charge in [-0.2, -0.15) is 0 Å². The Bertz CT molecular complexity index is 310. The van der Waals surface area contributed by atoms with E-state index in [1.54, 1.807) is 0 Å². The molecule has 0 aliphatic heterocycles. The summed E-state index contributed by atoms with van der Waals surface area (Å²) in [5, 5.41) is 0. The van der Waals surface area contributed by atoms with Crippen molar-refractivity contribution in [2.45, 2.75) is 19.8 Å². The summed E-state index contributed by atoms with van der Waals surface area (Å²) in [6, 6.07) is 7.74. The summed E-state index contributed by atoms with van der Waals surface area (Å²) in [5.74, 6) is -0.224. The number of benzene rings is 1. The fourth-order valence-corrected chi connectivity index (χ4v) is 1.24. The molecule has 0 amide bonds. The second kappa shape index (κ2) is 5.27. The molecule has 1 aromatic rings. The van der Waals surface area contributed by atoms with Crippen molar-refractivity contribution >= 4 is 11.7 Å². The molecule has 3 heteroatoms. The number of aryl methyl sites for hydroxylation is 1. The van der Waals surface area contributed by atoms with Crippen LogP contribution >= 0.6 is 0 Å². The van der Waals surface area contributed by atoms with E-state index in [-0.39, 0.29) is 5.97 Å². The topological polar surface area (TPSA) is 52.3 Å². The van der Waals surface area contributed by atoms with Gasteiger partial charge >= 0.3 is 5.97 Å². The molecule has 1 aromatic carbocycles. The highest BCUT2D eigenvalue weighted by molar-refractivity contribution is 5.65. The summed E-state index contributed by atoms with van der Waals surface area (Å²) < 4.78 is 4.82. The van der Waals surface area contributed by atoms with Gasteiger partial charge in [0, 0.05) is 12.6 Å². The van der Waals surface area contributed by atoms with Crippen LogP contribution in [0.1, 0.15) is 18.9 Å². The largest absolute Gasteiger partial charge is 0.466 e. The molecule has 0 radical (unpaired) electrons. The summed E-state index contributed by atoms with van der Waals surface area (Å²) in [6.07, 6.45) is 1.72. The second-order valence-corrected chi connectivity index (χ2v) is 3.19. The first kappa shape index (κ1) is 10.6. The van der Waals surface area contributed by atoms with Crippen LogP contribution in [0.5, 0.6) is 0 Å². The van der Waals surface area contributed by atoms with Gasteiger partial charge in [0.1, 0.15) is 0 Å². The van der Waals surface area contributed by atoms with Crippen molar-refractivity contribution < 1.29 is 9.53 Å². The predicted octanol–water partition coefficient (Wildman–Crippen LogP) is 1.76. The average Bonchev–Trinajstić information content (AvgIpc) is 2.12. The number of carbonyl (C=O) groups is 1. The molecular formula is C11H15NO2. The van der Waals surface area contributed by atoms with Crippen LogP contribution in [0.3, 0.4) is 0 Å². The third-order valence-electron chi connectivity index (χ3n) is 1.87. The standard InChI is InChI=1S/C11H15NO2/c1-9(13)14-7-3-5-10-4-2-6-11(12)8-10/h2,4,6,8H,3,5,7,12H2,1H3. The number of anilines is 1. The van der Waals surface area contributed by atoms with Crippen molar-refractivity contribution in [1.82, 2.24) is 0 Å². The lowest BCUT2D eigenvalue weighted by Gasteiger charge is -2.03. The Morgan fingerprint density at radius 3 is 2.93 bits per heavy atom. The minimum Gasteiger partial charge on any atom is -0.466 e. The Balaban J connectivity index is 2.28. The zero-order valence-corrected chi connectivity index (χ0v) is 8.32. The smallest absolute Gasteiger partial charge is 0.302 e. The molecule has 2 N–H and O–H groups in total. The number of ether oxygens (including phenoxy) is 1. The van der Waals surface area contributed by atoms with Crippen molar-refractivity contribution in [2.24, 2.45) is 0 Å². The van der Waals surface area contributed by atoms with E-state index in [1.165, 1.54) is 12.5 Å². The summed E-state index contributed by atoms with van der Waals surface area (Å²) in [6.45, 7) is 1.89. The molecule has 0 heterocycles. The van der Waals surface area contributed by atoms with Crippen LogP contribution in [0.25, 0.3) is 0 Å². The lowest BCUT2D eigenvalue weighted by Crippen LogP contribution is -2.01. The maximum atomic E-state index is 10.5. The van der Waals surface area contributed by atoms with E-state index in [0.717, 1.165) is 18.5 Å². The first-order chi connectivity index (χ1) is 6.68. The zero-order valence-electron chi connectivity index (χ0n) is 8.32. The van der Waals surface area contributed by atoms with E-state index in [4.69, 9.17) is 10.5 Å². The van der Waals surface area contributed by atoms with Crippen LogP contribution in [0, 0.1) is 0 Å². The normalized spacial score (nSPS) is 9.79. The lowest BCUT2D eigenvalue weighted by molar-refractivity contribution is -0.141. The third kappa shape index (κ3) is 3.94. The van der Waals surface area contributed by atoms with Gasteiger partial charge in [-0.1, -0.05) is 12.1 Å². The molecule has 0 spiro atoms. The van der Waals surface area contributed by atoms with Gasteiger partial charge in [0.15, 0.2) is 0 Å². The molecular weight excluding hydrogens is 178 g/mol. The fraction of sp³-hybridized carbons (Fsp3) is 0.364. The van der Waals surface area contributed by atoms with E-state index >= 15 is 0 Å². The highest BCUT2D eigenvalue weighted by Gasteiger charge is 1.95. The van der Waals surface area contributed by atoms with Gasteiger partial charge in [-0.25, -0.2) is 0 Å². The van der Waals surface area contributed by atoms with Crippen LogP contribution < -0.4 is 5.73 Å². The summed E-state index contributed by atoms with van der Waals surface area (Å²) in [4.78, 5) is 10.5. The van der Waals surface area contributed by atoms with Crippen LogP contribution in [0.15, 0.2) is 24.3 Å². The van der Waals surface area contributed by atoms with Gasteiger partial charge < -0.3 is 10.5 Å². The quantitative estimate of drug-likeness (QED) is 0.450. The number of carbonyl (C=O) groups excluding carboxylic acids is 1. The van der Waals surface area contributed by atoms with Gasteiger partial charge in [-0.05, 0) is 30.5 Å². The number of esters is 1. The number of hydrogen-bond donors (Lipinski definition) is 1. The Hall–Kier alpha value is -1.51. The number of hydrogen-bond acceptors (Lipinski definition) is 3. The third-order valence-corrected chi connectivity index (χ3v) is 1.87. The van der Waals surface area contributed by atoms with Gasteiger partial charge in [0.05, 0.1) is 6.61 Å². The number of nitrogens with two attached hydrogens (primary N) is 1. The van der Waals surface area contributed by atoms with Crippen LogP contribution in [-0.2, 0) is 16.0 Å². The Morgan fingerprint density at radius 1 is 1.50 bits per heavy atom. The van der Waals surface area contributed by atoms with E-state index in [2.05, 4.69) is 0 Å². The molecule has 0 saturated carbocycles. The molecule has 0 atom stereocenters. The van der Waals surface area contributed by atoms with Crippen molar-refractivity contribution in [3.8, 4) is 0 Å². The predicted molar refractivity (Wildman–Crippen MR) is 55.8 cm³/mol. The Morgan fingerprint density at radius 2 is 2.29 bits per heavy atom. The van der Waals surface area contributed by atoms with Gasteiger partial charge in [0.25, 0.3) is 0 Å². The SMILES string of the molecule is CC(=O)OCCCc1cccc(N)c1. The Kier molecular flexibility index (Phi) is 3.98. The van der Waals surface area contributed by atoms with E-state index in [9.17, 15) is 4.79 Å². The monoisotopic (exact) mass is 193 g/mol. The first-order valence-corrected chi connectivity index (χ1v) is 4.66. The number of nitrogen functional groups attached to an aromatic ring is 1. The molecule has 0 bridgehead atoms. The van der Waals surface area contributed by atoms with Gasteiger partial charge in [-0.15, -0.1) is 0 Å². The second-order valence-electron chi connectivity index (χ2n) is 3.19. The zero-order chi connectivity index (χ0) is 10.4. The highest BCUT2D eigenvalue weighted by Crippen LogP contribution is 2.08. The molecule has 0 unspecified atom stereocenters.